The Labute approximate surface area is 140 Å². The van der Waals surface area contributed by atoms with Crippen LogP contribution in [0.5, 0.6) is 5.75 Å². The van der Waals surface area contributed by atoms with Gasteiger partial charge in [-0.1, -0.05) is 0 Å². The molecule has 1 aromatic carbocycles. The molecule has 134 valence electrons. The summed E-state index contributed by atoms with van der Waals surface area (Å²) in [6.07, 6.45) is 0.887. The summed E-state index contributed by atoms with van der Waals surface area (Å²) in [7, 11) is 2.12. The number of carbonyl (C=O) groups is 1. The molecule has 2 amide bonds. The van der Waals surface area contributed by atoms with E-state index in [9.17, 15) is 13.6 Å². The third-order valence-electron chi connectivity index (χ3n) is 3.87. The van der Waals surface area contributed by atoms with Gasteiger partial charge in [0.1, 0.15) is 5.75 Å². The number of benzene rings is 1. The lowest BCUT2D eigenvalue weighted by Gasteiger charge is -2.32. The van der Waals surface area contributed by atoms with Crippen LogP contribution in [0.2, 0.25) is 0 Å². The van der Waals surface area contributed by atoms with Crippen molar-refractivity contribution >= 4 is 11.7 Å². The molecular weight excluding hydrogens is 318 g/mol. The zero-order chi connectivity index (χ0) is 17.4. The SMILES string of the molecule is CN1CCN(CCCNC(=O)Nc2ccc(OC(F)F)cc2)CC1. The Morgan fingerprint density at radius 3 is 2.50 bits per heavy atom. The highest BCUT2D eigenvalue weighted by molar-refractivity contribution is 5.89. The van der Waals surface area contributed by atoms with Crippen LogP contribution in [0.3, 0.4) is 0 Å². The molecule has 1 fully saturated rings. The number of likely N-dealkylation sites (N-methyl/N-ethyl adjacent to an activating group) is 1. The standard InChI is InChI=1S/C16H24F2N4O2/c1-21-9-11-22(12-10-21)8-2-7-19-16(23)20-13-3-5-14(6-4-13)24-15(17)18/h3-6,15H,2,7-12H2,1H3,(H2,19,20,23). The lowest BCUT2D eigenvalue weighted by Crippen LogP contribution is -2.45. The summed E-state index contributed by atoms with van der Waals surface area (Å²) in [6.45, 7) is 3.00. The number of ether oxygens (including phenoxy) is 1. The Kier molecular flexibility index (Phi) is 7.20. The Balaban J connectivity index is 1.61. The molecule has 0 aromatic heterocycles. The van der Waals surface area contributed by atoms with E-state index in [1.807, 2.05) is 0 Å². The van der Waals surface area contributed by atoms with E-state index in [1.165, 1.54) is 24.3 Å². The fraction of sp³-hybridized carbons (Fsp3) is 0.562. The van der Waals surface area contributed by atoms with Crippen LogP contribution in [0, 0.1) is 0 Å². The zero-order valence-electron chi connectivity index (χ0n) is 13.8. The van der Waals surface area contributed by atoms with Gasteiger partial charge < -0.3 is 25.2 Å². The van der Waals surface area contributed by atoms with Crippen molar-refractivity contribution in [3.63, 3.8) is 0 Å². The molecule has 0 aliphatic carbocycles. The number of hydrogen-bond donors (Lipinski definition) is 2. The lowest BCUT2D eigenvalue weighted by atomic mass is 10.3. The van der Waals surface area contributed by atoms with E-state index in [1.54, 1.807) is 0 Å². The van der Waals surface area contributed by atoms with E-state index in [2.05, 4.69) is 32.2 Å². The number of hydrogen-bond acceptors (Lipinski definition) is 4. The van der Waals surface area contributed by atoms with E-state index in [0.717, 1.165) is 39.1 Å². The number of nitrogens with one attached hydrogen (secondary N) is 2. The highest BCUT2D eigenvalue weighted by Crippen LogP contribution is 2.17. The van der Waals surface area contributed by atoms with Crippen LogP contribution < -0.4 is 15.4 Å². The van der Waals surface area contributed by atoms with Crippen molar-refractivity contribution in [2.24, 2.45) is 0 Å². The van der Waals surface area contributed by atoms with Gasteiger partial charge >= 0.3 is 12.6 Å². The number of urea groups is 1. The molecule has 1 aliphatic heterocycles. The van der Waals surface area contributed by atoms with Gasteiger partial charge in [0.25, 0.3) is 0 Å². The zero-order valence-corrected chi connectivity index (χ0v) is 13.8. The molecule has 6 nitrogen and oxygen atoms in total. The normalized spacial score (nSPS) is 16.2. The van der Waals surface area contributed by atoms with E-state index in [0.29, 0.717) is 12.2 Å². The molecule has 0 bridgehead atoms. The smallest absolute Gasteiger partial charge is 0.387 e. The Morgan fingerprint density at radius 1 is 1.21 bits per heavy atom. The van der Waals surface area contributed by atoms with Crippen LogP contribution in [-0.2, 0) is 0 Å². The van der Waals surface area contributed by atoms with Crippen LogP contribution in [-0.4, -0.2) is 68.8 Å². The van der Waals surface area contributed by atoms with Crippen LogP contribution in [0.1, 0.15) is 6.42 Å². The van der Waals surface area contributed by atoms with E-state index >= 15 is 0 Å². The van der Waals surface area contributed by atoms with Crippen LogP contribution in [0.4, 0.5) is 19.3 Å². The average Bonchev–Trinajstić information content (AvgIpc) is 2.55. The van der Waals surface area contributed by atoms with Crippen LogP contribution in [0.25, 0.3) is 0 Å². The summed E-state index contributed by atoms with van der Waals surface area (Å²) in [4.78, 5) is 16.5. The minimum absolute atomic E-state index is 0.0585. The predicted octanol–water partition coefficient (Wildman–Crippen LogP) is 2.05. The number of anilines is 1. The highest BCUT2D eigenvalue weighted by Gasteiger charge is 2.13. The maximum Gasteiger partial charge on any atom is 0.387 e. The van der Waals surface area contributed by atoms with Crippen molar-refractivity contribution in [3.8, 4) is 5.75 Å². The van der Waals surface area contributed by atoms with Gasteiger partial charge in [0.05, 0.1) is 0 Å². The van der Waals surface area contributed by atoms with Crippen LogP contribution in [0.15, 0.2) is 24.3 Å². The molecular formula is C16H24F2N4O2. The fourth-order valence-electron chi connectivity index (χ4n) is 2.47. The predicted molar refractivity (Wildman–Crippen MR) is 88.6 cm³/mol. The topological polar surface area (TPSA) is 56.8 Å². The maximum atomic E-state index is 12.0. The quantitative estimate of drug-likeness (QED) is 0.745. The summed E-state index contributed by atoms with van der Waals surface area (Å²) in [6, 6.07) is 5.49. The van der Waals surface area contributed by atoms with Gasteiger partial charge in [-0.2, -0.15) is 8.78 Å². The Hall–Kier alpha value is -1.93. The summed E-state index contributed by atoms with van der Waals surface area (Å²) in [5.74, 6) is 0.0585. The van der Waals surface area contributed by atoms with Crippen molar-refractivity contribution in [1.82, 2.24) is 15.1 Å². The number of amides is 2. The van der Waals surface area contributed by atoms with E-state index in [-0.39, 0.29) is 11.8 Å². The molecule has 2 N–H and O–H groups in total. The largest absolute Gasteiger partial charge is 0.435 e. The lowest BCUT2D eigenvalue weighted by molar-refractivity contribution is -0.0498. The van der Waals surface area contributed by atoms with Gasteiger partial charge in [0.2, 0.25) is 0 Å². The summed E-state index contributed by atoms with van der Waals surface area (Å²) in [5.41, 5.74) is 0.521. The van der Waals surface area contributed by atoms with Gasteiger partial charge in [0.15, 0.2) is 0 Å². The van der Waals surface area contributed by atoms with Crippen molar-refractivity contribution in [1.29, 1.82) is 0 Å². The minimum Gasteiger partial charge on any atom is -0.435 e. The van der Waals surface area contributed by atoms with E-state index < -0.39 is 6.61 Å². The molecule has 1 aliphatic rings. The second-order valence-electron chi connectivity index (χ2n) is 5.78. The first-order chi connectivity index (χ1) is 11.5. The van der Waals surface area contributed by atoms with E-state index in [4.69, 9.17) is 0 Å². The molecule has 1 heterocycles. The molecule has 8 heteroatoms. The fourth-order valence-corrected chi connectivity index (χ4v) is 2.47. The summed E-state index contributed by atoms with van der Waals surface area (Å²) in [5, 5.41) is 5.44. The monoisotopic (exact) mass is 342 g/mol. The summed E-state index contributed by atoms with van der Waals surface area (Å²) < 4.78 is 28.3. The Bertz CT molecular complexity index is 505. The molecule has 0 radical (unpaired) electrons. The second-order valence-corrected chi connectivity index (χ2v) is 5.78. The number of alkyl halides is 2. The number of piperazine rings is 1. The van der Waals surface area contributed by atoms with Gasteiger partial charge in [-0.15, -0.1) is 0 Å². The first-order valence-corrected chi connectivity index (χ1v) is 8.03. The van der Waals surface area contributed by atoms with Crippen molar-refractivity contribution in [2.75, 3.05) is 51.6 Å². The molecule has 0 saturated carbocycles. The van der Waals surface area contributed by atoms with Crippen molar-refractivity contribution in [3.05, 3.63) is 24.3 Å². The summed E-state index contributed by atoms with van der Waals surface area (Å²) >= 11 is 0. The van der Waals surface area contributed by atoms with Gasteiger partial charge in [-0.3, -0.25) is 0 Å². The molecule has 24 heavy (non-hydrogen) atoms. The van der Waals surface area contributed by atoms with Crippen molar-refractivity contribution < 1.29 is 18.3 Å². The molecule has 0 atom stereocenters. The number of nitrogens with zero attached hydrogens (tertiary/aromatic N) is 2. The first-order valence-electron chi connectivity index (χ1n) is 8.03. The van der Waals surface area contributed by atoms with Gasteiger partial charge in [-0.25, -0.2) is 4.79 Å². The Morgan fingerprint density at radius 2 is 1.88 bits per heavy atom. The highest BCUT2D eigenvalue weighted by atomic mass is 19.3. The molecule has 1 saturated heterocycles. The number of halogens is 2. The first kappa shape index (κ1) is 18.4. The maximum absolute atomic E-state index is 12.0. The number of rotatable bonds is 7. The average molecular weight is 342 g/mol. The molecule has 2 rings (SSSR count). The third-order valence-corrected chi connectivity index (χ3v) is 3.87. The molecule has 1 aromatic rings. The van der Waals surface area contributed by atoms with Crippen LogP contribution >= 0.6 is 0 Å². The van der Waals surface area contributed by atoms with Gasteiger partial charge in [0, 0.05) is 38.4 Å². The molecule has 0 spiro atoms. The second kappa shape index (κ2) is 9.39. The number of carbonyl (C=O) groups excluding carboxylic acids is 1. The van der Waals surface area contributed by atoms with Gasteiger partial charge in [-0.05, 0) is 44.3 Å². The van der Waals surface area contributed by atoms with Crippen molar-refractivity contribution in [2.45, 2.75) is 13.0 Å². The molecule has 0 unspecified atom stereocenters. The minimum atomic E-state index is -2.85. The third kappa shape index (κ3) is 6.67.